The van der Waals surface area contributed by atoms with Crippen LogP contribution in [0.5, 0.6) is 11.5 Å². The lowest BCUT2D eigenvalue weighted by atomic mass is 10.1. The van der Waals surface area contributed by atoms with Crippen LogP contribution in [0.3, 0.4) is 0 Å². The first-order valence-electron chi connectivity index (χ1n) is 5.52. The number of hydrogen-bond donors (Lipinski definition) is 1. The highest BCUT2D eigenvalue weighted by atomic mass is 16.6. The van der Waals surface area contributed by atoms with Crippen LogP contribution >= 0.6 is 0 Å². The zero-order valence-corrected chi connectivity index (χ0v) is 10.2. The molecule has 2 aromatic rings. The summed E-state index contributed by atoms with van der Waals surface area (Å²) in [5.41, 5.74) is 0.0741. The van der Waals surface area contributed by atoms with Gasteiger partial charge in [-0.15, -0.1) is 0 Å². The topological polar surface area (TPSA) is 94.7 Å². The predicted octanol–water partition coefficient (Wildman–Crippen LogP) is 1.52. The number of ether oxygens (including phenoxy) is 2. The molecule has 7 heteroatoms. The Labute approximate surface area is 108 Å². The molecule has 0 bridgehead atoms. The zero-order valence-electron chi connectivity index (χ0n) is 10.2. The fourth-order valence-electron chi connectivity index (χ4n) is 1.77. The summed E-state index contributed by atoms with van der Waals surface area (Å²) in [6.45, 7) is -0.0972. The molecule has 0 amide bonds. The molecule has 0 saturated carbocycles. The highest BCUT2D eigenvalue weighted by Crippen LogP contribution is 2.40. The molecule has 0 unspecified atom stereocenters. The van der Waals surface area contributed by atoms with Gasteiger partial charge in [-0.3, -0.25) is 10.1 Å². The van der Waals surface area contributed by atoms with Crippen molar-refractivity contribution in [1.82, 2.24) is 4.98 Å². The fraction of sp³-hybridized carbons (Fsp3) is 0.250. The molecule has 1 aromatic heterocycles. The summed E-state index contributed by atoms with van der Waals surface area (Å²) in [4.78, 5) is 14.5. The van der Waals surface area contributed by atoms with Crippen molar-refractivity contribution in [3.63, 3.8) is 0 Å². The standard InChI is InChI=1S/C12H12N2O5/c1-18-10-7-9(14(16)17)11-8(3-2-4-13-11)12(10)19-6-5-15/h2-4,7,15H,5-6H2,1H3. The second-order valence-electron chi connectivity index (χ2n) is 3.66. The van der Waals surface area contributed by atoms with Crippen molar-refractivity contribution in [1.29, 1.82) is 0 Å². The van der Waals surface area contributed by atoms with Gasteiger partial charge < -0.3 is 14.6 Å². The number of nitro benzene ring substituents is 1. The van der Waals surface area contributed by atoms with Crippen molar-refractivity contribution >= 4 is 16.6 Å². The van der Waals surface area contributed by atoms with Crippen LogP contribution < -0.4 is 9.47 Å². The number of hydrogen-bond acceptors (Lipinski definition) is 6. The summed E-state index contributed by atoms with van der Waals surface area (Å²) in [5, 5.41) is 20.3. The second-order valence-corrected chi connectivity index (χ2v) is 3.66. The normalized spacial score (nSPS) is 10.4. The van der Waals surface area contributed by atoms with E-state index >= 15 is 0 Å². The van der Waals surface area contributed by atoms with Crippen molar-refractivity contribution in [2.24, 2.45) is 0 Å². The van der Waals surface area contributed by atoms with Crippen molar-refractivity contribution in [2.45, 2.75) is 0 Å². The van der Waals surface area contributed by atoms with E-state index in [1.54, 1.807) is 12.1 Å². The summed E-state index contributed by atoms with van der Waals surface area (Å²) in [6, 6.07) is 4.57. The molecule has 19 heavy (non-hydrogen) atoms. The first-order valence-corrected chi connectivity index (χ1v) is 5.52. The highest BCUT2D eigenvalue weighted by molar-refractivity contribution is 5.94. The molecule has 0 fully saturated rings. The van der Waals surface area contributed by atoms with Gasteiger partial charge in [0.25, 0.3) is 5.69 Å². The van der Waals surface area contributed by atoms with Gasteiger partial charge in [0.15, 0.2) is 17.0 Å². The third-order valence-corrected chi connectivity index (χ3v) is 2.54. The third kappa shape index (κ3) is 2.41. The summed E-state index contributed by atoms with van der Waals surface area (Å²) < 4.78 is 10.5. The number of aliphatic hydroxyl groups excluding tert-OH is 1. The van der Waals surface area contributed by atoms with Gasteiger partial charge in [-0.05, 0) is 12.1 Å². The van der Waals surface area contributed by atoms with Gasteiger partial charge in [-0.25, -0.2) is 4.98 Å². The van der Waals surface area contributed by atoms with Gasteiger partial charge in [-0.2, -0.15) is 0 Å². The molecule has 1 heterocycles. The molecule has 0 radical (unpaired) electrons. The smallest absolute Gasteiger partial charge is 0.299 e. The van der Waals surface area contributed by atoms with Crippen LogP contribution in [0.15, 0.2) is 24.4 Å². The van der Waals surface area contributed by atoms with Crippen molar-refractivity contribution in [3.8, 4) is 11.5 Å². The molecule has 100 valence electrons. The Kier molecular flexibility index (Phi) is 3.76. The SMILES string of the molecule is COc1cc([N+](=O)[O-])c2ncccc2c1OCCO. The molecule has 0 atom stereocenters. The van der Waals surface area contributed by atoms with Crippen LogP contribution in [0.25, 0.3) is 10.9 Å². The minimum absolute atomic E-state index is 0.0676. The van der Waals surface area contributed by atoms with E-state index in [4.69, 9.17) is 14.6 Å². The van der Waals surface area contributed by atoms with Crippen LogP contribution in [0.2, 0.25) is 0 Å². The molecular formula is C12H12N2O5. The Morgan fingerprint density at radius 3 is 2.95 bits per heavy atom. The van der Waals surface area contributed by atoms with Crippen LogP contribution in [0.1, 0.15) is 0 Å². The maximum Gasteiger partial charge on any atom is 0.299 e. The van der Waals surface area contributed by atoms with E-state index in [2.05, 4.69) is 4.98 Å². The van der Waals surface area contributed by atoms with Gasteiger partial charge in [-0.1, -0.05) is 0 Å². The molecule has 7 nitrogen and oxygen atoms in total. The van der Waals surface area contributed by atoms with E-state index in [9.17, 15) is 10.1 Å². The monoisotopic (exact) mass is 264 g/mol. The van der Waals surface area contributed by atoms with Crippen molar-refractivity contribution in [2.75, 3.05) is 20.3 Å². The van der Waals surface area contributed by atoms with Crippen molar-refractivity contribution in [3.05, 3.63) is 34.5 Å². The maximum absolute atomic E-state index is 11.0. The second kappa shape index (κ2) is 5.49. The van der Waals surface area contributed by atoms with E-state index in [-0.39, 0.29) is 30.2 Å². The Hall–Kier alpha value is -2.41. The predicted molar refractivity (Wildman–Crippen MR) is 67.5 cm³/mol. The lowest BCUT2D eigenvalue weighted by molar-refractivity contribution is -0.383. The Bertz CT molecular complexity index is 614. The minimum atomic E-state index is -0.520. The number of aromatic nitrogens is 1. The van der Waals surface area contributed by atoms with Gasteiger partial charge >= 0.3 is 0 Å². The number of rotatable bonds is 5. The molecule has 2 rings (SSSR count). The Morgan fingerprint density at radius 1 is 1.53 bits per heavy atom. The molecule has 0 aliphatic rings. The number of methoxy groups -OCH3 is 1. The van der Waals surface area contributed by atoms with E-state index in [1.165, 1.54) is 19.4 Å². The average molecular weight is 264 g/mol. The summed E-state index contributed by atoms with van der Waals surface area (Å²) in [5.74, 6) is 0.575. The molecule has 1 aromatic carbocycles. The largest absolute Gasteiger partial charge is 0.493 e. The first kappa shape index (κ1) is 13.0. The highest BCUT2D eigenvalue weighted by Gasteiger charge is 2.21. The van der Waals surface area contributed by atoms with Crippen LogP contribution in [-0.2, 0) is 0 Å². The molecule has 1 N–H and O–H groups in total. The lowest BCUT2D eigenvalue weighted by Gasteiger charge is -2.12. The Morgan fingerprint density at radius 2 is 2.32 bits per heavy atom. The van der Waals surface area contributed by atoms with Crippen LogP contribution in [0, 0.1) is 10.1 Å². The van der Waals surface area contributed by atoms with Gasteiger partial charge in [0, 0.05) is 6.20 Å². The van der Waals surface area contributed by atoms with Crippen LogP contribution in [0.4, 0.5) is 5.69 Å². The quantitative estimate of drug-likeness (QED) is 0.650. The van der Waals surface area contributed by atoms with Gasteiger partial charge in [0.1, 0.15) is 6.61 Å². The number of pyridine rings is 1. The average Bonchev–Trinajstić information content (AvgIpc) is 2.43. The molecule has 0 saturated heterocycles. The number of non-ortho nitro benzene ring substituents is 1. The maximum atomic E-state index is 11.0. The van der Waals surface area contributed by atoms with E-state index < -0.39 is 4.92 Å². The number of benzene rings is 1. The molecule has 0 aliphatic heterocycles. The zero-order chi connectivity index (χ0) is 13.8. The lowest BCUT2D eigenvalue weighted by Crippen LogP contribution is -2.04. The Balaban J connectivity index is 2.72. The molecule has 0 spiro atoms. The fourth-order valence-corrected chi connectivity index (χ4v) is 1.77. The summed E-state index contributed by atoms with van der Waals surface area (Å²) in [6.07, 6.45) is 1.47. The number of fused-ring (bicyclic) bond motifs is 1. The molecule has 0 aliphatic carbocycles. The van der Waals surface area contributed by atoms with Gasteiger partial charge in [0.05, 0.1) is 30.1 Å². The van der Waals surface area contributed by atoms with E-state index in [0.29, 0.717) is 11.1 Å². The minimum Gasteiger partial charge on any atom is -0.493 e. The number of nitrogens with zero attached hydrogens (tertiary/aromatic N) is 2. The first-order chi connectivity index (χ1) is 9.19. The summed E-state index contributed by atoms with van der Waals surface area (Å²) >= 11 is 0. The number of nitro groups is 1. The van der Waals surface area contributed by atoms with E-state index in [1.807, 2.05) is 0 Å². The van der Waals surface area contributed by atoms with Crippen LogP contribution in [-0.4, -0.2) is 35.3 Å². The van der Waals surface area contributed by atoms with Gasteiger partial charge in [0.2, 0.25) is 0 Å². The summed E-state index contributed by atoms with van der Waals surface area (Å²) in [7, 11) is 1.40. The molecular weight excluding hydrogens is 252 g/mol. The number of aliphatic hydroxyl groups is 1. The van der Waals surface area contributed by atoms with E-state index in [0.717, 1.165) is 0 Å². The third-order valence-electron chi connectivity index (χ3n) is 2.54. The van der Waals surface area contributed by atoms with Crippen molar-refractivity contribution < 1.29 is 19.5 Å².